The van der Waals surface area contributed by atoms with Crippen molar-refractivity contribution in [1.29, 1.82) is 0 Å². The van der Waals surface area contributed by atoms with Gasteiger partial charge in [-0.3, -0.25) is 0 Å². The van der Waals surface area contributed by atoms with Crippen LogP contribution in [0.1, 0.15) is 15.9 Å². The van der Waals surface area contributed by atoms with E-state index in [-0.39, 0.29) is 11.3 Å². The maximum atomic E-state index is 11.3. The van der Waals surface area contributed by atoms with E-state index in [2.05, 4.69) is 9.47 Å². The molecule has 0 saturated heterocycles. The molecule has 0 aliphatic heterocycles. The number of esters is 2. The molecular formula is C12H12O5. The van der Waals surface area contributed by atoms with E-state index in [4.69, 9.17) is 0 Å². The van der Waals surface area contributed by atoms with E-state index in [1.165, 1.54) is 38.5 Å². The largest absolute Gasteiger partial charge is 0.507 e. The van der Waals surface area contributed by atoms with Gasteiger partial charge in [0.25, 0.3) is 0 Å². The molecule has 0 aliphatic carbocycles. The highest BCUT2D eigenvalue weighted by Crippen LogP contribution is 2.20. The molecule has 0 atom stereocenters. The summed E-state index contributed by atoms with van der Waals surface area (Å²) in [6.45, 7) is 0. The van der Waals surface area contributed by atoms with Crippen LogP contribution in [0.15, 0.2) is 24.3 Å². The van der Waals surface area contributed by atoms with Crippen molar-refractivity contribution in [3.05, 3.63) is 35.4 Å². The lowest BCUT2D eigenvalue weighted by atomic mass is 10.1. The van der Waals surface area contributed by atoms with Crippen LogP contribution in [0.2, 0.25) is 0 Å². The summed E-state index contributed by atoms with van der Waals surface area (Å²) in [5.74, 6) is -1.11. The summed E-state index contributed by atoms with van der Waals surface area (Å²) >= 11 is 0. The fourth-order valence-corrected chi connectivity index (χ4v) is 1.16. The predicted octanol–water partition coefficient (Wildman–Crippen LogP) is 1.36. The molecule has 0 unspecified atom stereocenters. The lowest BCUT2D eigenvalue weighted by Gasteiger charge is -2.02. The Morgan fingerprint density at radius 3 is 2.53 bits per heavy atom. The second-order valence-electron chi connectivity index (χ2n) is 3.12. The molecule has 0 aliphatic rings. The number of carbonyl (C=O) groups is 2. The second-order valence-corrected chi connectivity index (χ2v) is 3.12. The Bertz CT molecular complexity index is 462. The predicted molar refractivity (Wildman–Crippen MR) is 60.5 cm³/mol. The van der Waals surface area contributed by atoms with Crippen LogP contribution >= 0.6 is 0 Å². The average molecular weight is 236 g/mol. The number of hydrogen-bond acceptors (Lipinski definition) is 5. The summed E-state index contributed by atoms with van der Waals surface area (Å²) < 4.78 is 8.95. The van der Waals surface area contributed by atoms with Gasteiger partial charge in [0, 0.05) is 11.6 Å². The van der Waals surface area contributed by atoms with Gasteiger partial charge in [-0.05, 0) is 24.3 Å². The van der Waals surface area contributed by atoms with E-state index in [0.717, 1.165) is 6.08 Å². The topological polar surface area (TPSA) is 72.8 Å². The van der Waals surface area contributed by atoms with Gasteiger partial charge in [0.1, 0.15) is 5.75 Å². The lowest BCUT2D eigenvalue weighted by Crippen LogP contribution is -2.01. The SMILES string of the molecule is COC(=O)C=Cc1cc(C(=O)OC)ccc1O. The molecule has 5 nitrogen and oxygen atoms in total. The van der Waals surface area contributed by atoms with E-state index in [1.807, 2.05) is 0 Å². The quantitative estimate of drug-likeness (QED) is 0.633. The van der Waals surface area contributed by atoms with Crippen LogP contribution in [-0.4, -0.2) is 31.3 Å². The molecule has 0 saturated carbocycles. The molecule has 0 amide bonds. The number of phenols is 1. The third-order valence-corrected chi connectivity index (χ3v) is 2.05. The van der Waals surface area contributed by atoms with Crippen LogP contribution in [0, 0.1) is 0 Å². The molecule has 17 heavy (non-hydrogen) atoms. The van der Waals surface area contributed by atoms with E-state index in [0.29, 0.717) is 5.56 Å². The van der Waals surface area contributed by atoms with Crippen LogP contribution in [0.3, 0.4) is 0 Å². The lowest BCUT2D eigenvalue weighted by molar-refractivity contribution is -0.134. The molecule has 1 rings (SSSR count). The maximum absolute atomic E-state index is 11.3. The van der Waals surface area contributed by atoms with Gasteiger partial charge < -0.3 is 14.6 Å². The third-order valence-electron chi connectivity index (χ3n) is 2.05. The smallest absolute Gasteiger partial charge is 0.337 e. The van der Waals surface area contributed by atoms with Crippen LogP contribution < -0.4 is 0 Å². The van der Waals surface area contributed by atoms with Gasteiger partial charge in [-0.1, -0.05) is 0 Å². The number of ether oxygens (including phenoxy) is 2. The number of benzene rings is 1. The molecule has 0 bridgehead atoms. The summed E-state index contributed by atoms with van der Waals surface area (Å²) in [6, 6.07) is 4.19. The summed E-state index contributed by atoms with van der Waals surface area (Å²) in [5, 5.41) is 9.52. The van der Waals surface area contributed by atoms with E-state index >= 15 is 0 Å². The monoisotopic (exact) mass is 236 g/mol. The number of rotatable bonds is 3. The van der Waals surface area contributed by atoms with E-state index in [9.17, 15) is 14.7 Å². The number of carbonyl (C=O) groups excluding carboxylic acids is 2. The van der Waals surface area contributed by atoms with Gasteiger partial charge in [0.05, 0.1) is 19.8 Å². The Morgan fingerprint density at radius 2 is 1.94 bits per heavy atom. The molecule has 0 aromatic heterocycles. The van der Waals surface area contributed by atoms with E-state index in [1.54, 1.807) is 0 Å². The van der Waals surface area contributed by atoms with E-state index < -0.39 is 11.9 Å². The molecule has 5 heteroatoms. The molecule has 1 N–H and O–H groups in total. The molecule has 0 spiro atoms. The summed E-state index contributed by atoms with van der Waals surface area (Å²) in [7, 11) is 2.51. The Hall–Kier alpha value is -2.30. The summed E-state index contributed by atoms with van der Waals surface area (Å²) in [6.07, 6.45) is 2.50. The highest BCUT2D eigenvalue weighted by atomic mass is 16.5. The zero-order valence-electron chi connectivity index (χ0n) is 9.47. The molecule has 0 heterocycles. The molecule has 1 aromatic rings. The minimum atomic E-state index is -0.548. The standard InChI is InChI=1S/C12H12O5/c1-16-11(14)6-4-8-7-9(12(15)17-2)3-5-10(8)13/h3-7,13H,1-2H3. The van der Waals surface area contributed by atoms with Crippen molar-refractivity contribution in [3.8, 4) is 5.75 Å². The second kappa shape index (κ2) is 5.69. The van der Waals surface area contributed by atoms with Crippen LogP contribution in [-0.2, 0) is 14.3 Å². The van der Waals surface area contributed by atoms with Crippen molar-refractivity contribution in [2.24, 2.45) is 0 Å². The van der Waals surface area contributed by atoms with Crippen molar-refractivity contribution < 1.29 is 24.2 Å². The molecule has 0 radical (unpaired) electrons. The number of hydrogen-bond donors (Lipinski definition) is 1. The Kier molecular flexibility index (Phi) is 4.28. The fourth-order valence-electron chi connectivity index (χ4n) is 1.16. The number of methoxy groups -OCH3 is 2. The van der Waals surface area contributed by atoms with Crippen LogP contribution in [0.5, 0.6) is 5.75 Å². The van der Waals surface area contributed by atoms with Crippen LogP contribution in [0.25, 0.3) is 6.08 Å². The van der Waals surface area contributed by atoms with Gasteiger partial charge in [0.2, 0.25) is 0 Å². The van der Waals surface area contributed by atoms with Gasteiger partial charge in [0.15, 0.2) is 0 Å². The van der Waals surface area contributed by atoms with Crippen molar-refractivity contribution in [2.75, 3.05) is 14.2 Å². The Balaban J connectivity index is 3.02. The summed E-state index contributed by atoms with van der Waals surface area (Å²) in [5.41, 5.74) is 0.619. The number of aromatic hydroxyl groups is 1. The van der Waals surface area contributed by atoms with Crippen LogP contribution in [0.4, 0.5) is 0 Å². The summed E-state index contributed by atoms with van der Waals surface area (Å²) in [4.78, 5) is 22.1. The van der Waals surface area contributed by atoms with Gasteiger partial charge >= 0.3 is 11.9 Å². The third kappa shape index (κ3) is 3.34. The van der Waals surface area contributed by atoms with Gasteiger partial charge in [-0.2, -0.15) is 0 Å². The number of phenolic OH excluding ortho intramolecular Hbond substituents is 1. The average Bonchev–Trinajstić information content (AvgIpc) is 2.36. The maximum Gasteiger partial charge on any atom is 0.337 e. The molecular weight excluding hydrogens is 224 g/mol. The highest BCUT2D eigenvalue weighted by Gasteiger charge is 2.07. The van der Waals surface area contributed by atoms with Crippen molar-refractivity contribution in [2.45, 2.75) is 0 Å². The minimum Gasteiger partial charge on any atom is -0.507 e. The first-order valence-electron chi connectivity index (χ1n) is 4.76. The zero-order chi connectivity index (χ0) is 12.8. The first-order valence-corrected chi connectivity index (χ1v) is 4.76. The fraction of sp³-hybridized carbons (Fsp3) is 0.167. The van der Waals surface area contributed by atoms with Crippen molar-refractivity contribution in [3.63, 3.8) is 0 Å². The van der Waals surface area contributed by atoms with Crippen molar-refractivity contribution >= 4 is 18.0 Å². The molecule has 1 aromatic carbocycles. The molecule has 0 fully saturated rings. The van der Waals surface area contributed by atoms with Gasteiger partial charge in [-0.15, -0.1) is 0 Å². The first kappa shape index (κ1) is 12.8. The first-order chi connectivity index (χ1) is 8.08. The molecule has 90 valence electrons. The Labute approximate surface area is 98.3 Å². The minimum absolute atomic E-state index is 0.0437. The highest BCUT2D eigenvalue weighted by molar-refractivity contribution is 5.92. The normalized spacial score (nSPS) is 10.2. The van der Waals surface area contributed by atoms with Gasteiger partial charge in [-0.25, -0.2) is 9.59 Å². The van der Waals surface area contributed by atoms with Crippen molar-refractivity contribution in [1.82, 2.24) is 0 Å². The Morgan fingerprint density at radius 1 is 1.24 bits per heavy atom. The zero-order valence-corrected chi connectivity index (χ0v) is 9.47.